The SMILES string of the molecule is COc1ccc(N2CC[NH+](C[C@@H](O)CCl)CC2)cc1. The van der Waals surface area contributed by atoms with Crippen molar-refractivity contribution in [2.24, 2.45) is 0 Å². The number of hydrogen-bond donors (Lipinski definition) is 2. The first kappa shape index (κ1) is 14.4. The fourth-order valence-corrected chi connectivity index (χ4v) is 2.58. The number of halogens is 1. The van der Waals surface area contributed by atoms with E-state index in [0.29, 0.717) is 5.88 Å². The molecule has 0 radical (unpaired) electrons. The van der Waals surface area contributed by atoms with Gasteiger partial charge in [0, 0.05) is 5.69 Å². The monoisotopic (exact) mass is 285 g/mol. The minimum Gasteiger partial charge on any atom is -0.497 e. The molecule has 106 valence electrons. The second-order valence-electron chi connectivity index (χ2n) is 4.95. The van der Waals surface area contributed by atoms with Crippen molar-refractivity contribution in [3.05, 3.63) is 24.3 Å². The van der Waals surface area contributed by atoms with Crippen molar-refractivity contribution in [1.82, 2.24) is 0 Å². The second kappa shape index (κ2) is 6.98. The number of ether oxygens (including phenoxy) is 1. The summed E-state index contributed by atoms with van der Waals surface area (Å²) in [5, 5.41) is 9.57. The summed E-state index contributed by atoms with van der Waals surface area (Å²) in [6, 6.07) is 8.17. The van der Waals surface area contributed by atoms with Crippen LogP contribution in [0.25, 0.3) is 0 Å². The van der Waals surface area contributed by atoms with Gasteiger partial charge < -0.3 is 19.6 Å². The second-order valence-corrected chi connectivity index (χ2v) is 5.26. The van der Waals surface area contributed by atoms with E-state index in [1.165, 1.54) is 10.6 Å². The lowest BCUT2D eigenvalue weighted by Crippen LogP contribution is -3.15. The maximum absolute atomic E-state index is 9.57. The van der Waals surface area contributed by atoms with Gasteiger partial charge in [-0.05, 0) is 24.3 Å². The summed E-state index contributed by atoms with van der Waals surface area (Å²) < 4.78 is 5.17. The van der Waals surface area contributed by atoms with E-state index in [-0.39, 0.29) is 6.10 Å². The molecule has 2 N–H and O–H groups in total. The Morgan fingerprint density at radius 1 is 1.32 bits per heavy atom. The molecule has 1 heterocycles. The number of nitrogens with zero attached hydrogens (tertiary/aromatic N) is 1. The first-order valence-electron chi connectivity index (χ1n) is 6.69. The molecule has 1 atom stereocenters. The van der Waals surface area contributed by atoms with Crippen molar-refractivity contribution in [1.29, 1.82) is 0 Å². The number of piperazine rings is 1. The van der Waals surface area contributed by atoms with Crippen molar-refractivity contribution < 1.29 is 14.7 Å². The topological polar surface area (TPSA) is 37.1 Å². The number of benzene rings is 1. The Hall–Kier alpha value is -0.970. The molecule has 0 unspecified atom stereocenters. The molecular weight excluding hydrogens is 264 g/mol. The first-order chi connectivity index (χ1) is 9.22. The molecule has 0 saturated carbocycles. The zero-order valence-corrected chi connectivity index (χ0v) is 12.1. The fraction of sp³-hybridized carbons (Fsp3) is 0.571. The highest BCUT2D eigenvalue weighted by atomic mass is 35.5. The van der Waals surface area contributed by atoms with Gasteiger partial charge in [-0.25, -0.2) is 0 Å². The maximum Gasteiger partial charge on any atom is 0.119 e. The van der Waals surface area contributed by atoms with E-state index in [4.69, 9.17) is 16.3 Å². The van der Waals surface area contributed by atoms with Gasteiger partial charge in [0.15, 0.2) is 0 Å². The normalized spacial score (nSPS) is 18.4. The van der Waals surface area contributed by atoms with Gasteiger partial charge in [-0.1, -0.05) is 0 Å². The van der Waals surface area contributed by atoms with Gasteiger partial charge in [0.2, 0.25) is 0 Å². The van der Waals surface area contributed by atoms with Crippen LogP contribution in [-0.4, -0.2) is 56.9 Å². The van der Waals surface area contributed by atoms with Crippen LogP contribution < -0.4 is 14.5 Å². The van der Waals surface area contributed by atoms with Crippen molar-refractivity contribution in [3.63, 3.8) is 0 Å². The number of nitrogens with one attached hydrogen (secondary N) is 1. The molecule has 0 amide bonds. The molecule has 19 heavy (non-hydrogen) atoms. The fourth-order valence-electron chi connectivity index (χ4n) is 2.47. The zero-order chi connectivity index (χ0) is 13.7. The number of aliphatic hydroxyl groups is 1. The summed E-state index contributed by atoms with van der Waals surface area (Å²) >= 11 is 5.64. The number of hydrogen-bond acceptors (Lipinski definition) is 3. The van der Waals surface area contributed by atoms with Crippen LogP contribution in [0.3, 0.4) is 0 Å². The van der Waals surface area contributed by atoms with Crippen molar-refractivity contribution in [3.8, 4) is 5.75 Å². The third-order valence-electron chi connectivity index (χ3n) is 3.61. The van der Waals surface area contributed by atoms with E-state index in [0.717, 1.165) is 38.5 Å². The zero-order valence-electron chi connectivity index (χ0n) is 11.3. The lowest BCUT2D eigenvalue weighted by atomic mass is 10.2. The van der Waals surface area contributed by atoms with E-state index in [9.17, 15) is 5.11 Å². The third kappa shape index (κ3) is 4.00. The molecule has 1 fully saturated rings. The number of quaternary nitrogens is 1. The highest BCUT2D eigenvalue weighted by Crippen LogP contribution is 2.18. The number of rotatable bonds is 5. The van der Waals surface area contributed by atoms with Gasteiger partial charge in [-0.15, -0.1) is 11.6 Å². The molecule has 0 bridgehead atoms. The highest BCUT2D eigenvalue weighted by Gasteiger charge is 2.22. The number of anilines is 1. The minimum atomic E-state index is -0.385. The van der Waals surface area contributed by atoms with Crippen LogP contribution in [0, 0.1) is 0 Å². The van der Waals surface area contributed by atoms with E-state index in [1.807, 2.05) is 12.1 Å². The van der Waals surface area contributed by atoms with Crippen molar-refractivity contribution in [2.75, 3.05) is 50.6 Å². The van der Waals surface area contributed by atoms with E-state index >= 15 is 0 Å². The summed E-state index contributed by atoms with van der Waals surface area (Å²) in [5.41, 5.74) is 1.23. The minimum absolute atomic E-state index is 0.325. The molecule has 0 spiro atoms. The van der Waals surface area contributed by atoms with Crippen molar-refractivity contribution >= 4 is 17.3 Å². The molecule has 2 rings (SSSR count). The Balaban J connectivity index is 1.85. The van der Waals surface area contributed by atoms with Crippen LogP contribution in [0.15, 0.2) is 24.3 Å². The average Bonchev–Trinajstić information content (AvgIpc) is 2.48. The molecule has 1 aliphatic rings. The standard InChI is InChI=1S/C14H21ClN2O2/c1-19-14-4-2-12(3-5-14)17-8-6-16(7-9-17)11-13(18)10-15/h2-5,13,18H,6-11H2,1H3/p+1/t13-/m0/s1. The van der Waals surface area contributed by atoms with Crippen LogP contribution in [0.4, 0.5) is 5.69 Å². The van der Waals surface area contributed by atoms with E-state index in [2.05, 4.69) is 17.0 Å². The van der Waals surface area contributed by atoms with Gasteiger partial charge >= 0.3 is 0 Å². The largest absolute Gasteiger partial charge is 0.497 e. The quantitative estimate of drug-likeness (QED) is 0.748. The van der Waals surface area contributed by atoms with Gasteiger partial charge in [0.05, 0.1) is 39.2 Å². The Kier molecular flexibility index (Phi) is 5.31. The summed E-state index contributed by atoms with van der Waals surface area (Å²) in [7, 11) is 1.68. The Morgan fingerprint density at radius 3 is 2.47 bits per heavy atom. The van der Waals surface area contributed by atoms with Gasteiger partial charge in [0.1, 0.15) is 18.4 Å². The van der Waals surface area contributed by atoms with E-state index in [1.54, 1.807) is 7.11 Å². The first-order valence-corrected chi connectivity index (χ1v) is 7.23. The molecule has 0 aliphatic carbocycles. The Labute approximate surface area is 119 Å². The molecule has 5 heteroatoms. The van der Waals surface area contributed by atoms with Gasteiger partial charge in [0.25, 0.3) is 0 Å². The van der Waals surface area contributed by atoms with Crippen LogP contribution in [0.2, 0.25) is 0 Å². The molecule has 1 saturated heterocycles. The smallest absolute Gasteiger partial charge is 0.119 e. The lowest BCUT2D eigenvalue weighted by Gasteiger charge is -2.34. The molecule has 0 aromatic heterocycles. The predicted octanol–water partition coefficient (Wildman–Crippen LogP) is -0.000200. The molecule has 1 aromatic carbocycles. The third-order valence-corrected chi connectivity index (χ3v) is 3.97. The highest BCUT2D eigenvalue weighted by molar-refractivity contribution is 6.18. The summed E-state index contributed by atoms with van der Waals surface area (Å²) in [4.78, 5) is 3.80. The Morgan fingerprint density at radius 2 is 1.95 bits per heavy atom. The van der Waals surface area contributed by atoms with Gasteiger partial charge in [-0.3, -0.25) is 0 Å². The molecule has 4 nitrogen and oxygen atoms in total. The van der Waals surface area contributed by atoms with Crippen LogP contribution in [0.1, 0.15) is 0 Å². The summed E-state index contributed by atoms with van der Waals surface area (Å²) in [6.07, 6.45) is -0.385. The predicted molar refractivity (Wildman–Crippen MR) is 77.5 cm³/mol. The lowest BCUT2D eigenvalue weighted by molar-refractivity contribution is -0.903. The van der Waals surface area contributed by atoms with Crippen molar-refractivity contribution in [2.45, 2.75) is 6.10 Å². The van der Waals surface area contributed by atoms with Crippen LogP contribution in [0.5, 0.6) is 5.75 Å². The maximum atomic E-state index is 9.57. The molecular formula is C14H22ClN2O2+. The Bertz CT molecular complexity index is 378. The number of aliphatic hydroxyl groups excluding tert-OH is 1. The summed E-state index contributed by atoms with van der Waals surface area (Å²) in [5.74, 6) is 1.21. The number of methoxy groups -OCH3 is 1. The van der Waals surface area contributed by atoms with E-state index < -0.39 is 0 Å². The van der Waals surface area contributed by atoms with Crippen LogP contribution in [-0.2, 0) is 0 Å². The number of alkyl halides is 1. The van der Waals surface area contributed by atoms with Gasteiger partial charge in [-0.2, -0.15) is 0 Å². The van der Waals surface area contributed by atoms with Crippen LogP contribution >= 0.6 is 11.6 Å². The summed E-state index contributed by atoms with van der Waals surface area (Å²) in [6.45, 7) is 4.85. The molecule has 1 aromatic rings. The molecule has 1 aliphatic heterocycles. The average molecular weight is 286 g/mol.